The number of benzene rings is 5. The molecule has 1 unspecified atom stereocenters. The van der Waals surface area contributed by atoms with Crippen molar-refractivity contribution in [1.29, 1.82) is 0 Å². The first-order chi connectivity index (χ1) is 33.0. The molecule has 0 saturated heterocycles. The Morgan fingerprint density at radius 1 is 0.549 bits per heavy atom. The number of hydrogen-bond donors (Lipinski definition) is 0. The van der Waals surface area contributed by atoms with Gasteiger partial charge in [-0.1, -0.05) is 166 Å². The number of anilines is 5. The van der Waals surface area contributed by atoms with Gasteiger partial charge in [-0.25, -0.2) is 0 Å². The van der Waals surface area contributed by atoms with Crippen molar-refractivity contribution in [2.75, 3.05) is 9.80 Å². The van der Waals surface area contributed by atoms with Gasteiger partial charge in [0.2, 0.25) is 5.88 Å². The third-order valence-electron chi connectivity index (χ3n) is 18.4. The summed E-state index contributed by atoms with van der Waals surface area (Å²) in [6.45, 7) is 43.2. The van der Waals surface area contributed by atoms with Gasteiger partial charge in [0.25, 0.3) is 6.71 Å². The Bertz CT molecular complexity index is 3270. The van der Waals surface area contributed by atoms with E-state index in [1.807, 2.05) is 0 Å². The fourth-order valence-corrected chi connectivity index (χ4v) is 13.3. The summed E-state index contributed by atoms with van der Waals surface area (Å²) < 4.78 is 7.54. The maximum atomic E-state index is 7.54. The molecule has 1 atom stereocenters. The minimum atomic E-state index is -0.0553. The molecule has 0 N–H and O–H groups in total. The lowest BCUT2D eigenvalue weighted by atomic mass is 9.33. The minimum absolute atomic E-state index is 0.0365. The number of allylic oxidation sites excluding steroid dienone is 3. The number of hydrogen-bond acceptors (Lipinski definition) is 3. The molecule has 71 heavy (non-hydrogen) atoms. The molecule has 3 aliphatic carbocycles. The van der Waals surface area contributed by atoms with Crippen LogP contribution in [0.1, 0.15) is 189 Å². The van der Waals surface area contributed by atoms with Gasteiger partial charge in [-0.05, 0) is 187 Å². The number of fused-ring (bicyclic) bond motifs is 8. The molecule has 368 valence electrons. The van der Waals surface area contributed by atoms with Crippen LogP contribution in [0.15, 0.2) is 107 Å². The third kappa shape index (κ3) is 7.56. The molecule has 4 heteroatoms. The van der Waals surface area contributed by atoms with E-state index in [0.717, 1.165) is 30.0 Å². The zero-order valence-corrected chi connectivity index (χ0v) is 46.7. The Kier molecular flexibility index (Phi) is 10.4. The van der Waals surface area contributed by atoms with E-state index in [1.165, 1.54) is 114 Å². The van der Waals surface area contributed by atoms with Crippen LogP contribution in [0.3, 0.4) is 0 Å². The summed E-state index contributed by atoms with van der Waals surface area (Å²) in [5, 5.41) is 1.21. The molecule has 3 heterocycles. The van der Waals surface area contributed by atoms with E-state index in [0.29, 0.717) is 5.92 Å². The maximum Gasteiger partial charge on any atom is 0.257 e. The Labute approximate surface area is 428 Å². The topological polar surface area (TPSA) is 19.6 Å². The summed E-state index contributed by atoms with van der Waals surface area (Å²) in [5.74, 6) is 1.41. The van der Waals surface area contributed by atoms with E-state index in [4.69, 9.17) is 4.42 Å². The van der Waals surface area contributed by atoms with Gasteiger partial charge in [0, 0.05) is 39.2 Å². The summed E-state index contributed by atoms with van der Waals surface area (Å²) in [6.07, 6.45) is 13.2. The molecule has 11 rings (SSSR count). The normalized spacial score (nSPS) is 20.5. The number of aryl methyl sites for hydroxylation is 1. The highest BCUT2D eigenvalue weighted by Gasteiger charge is 2.49. The standard InChI is InChI=1S/C67H81BN2O/c1-40-33-55-59-56(34-40)70(53-27-22-43(62(5,6)7)36-46(53)41-19-26-48-49(35-41)65(13,14)30-29-64(48,11)12)60-58(47-37-44(63(8,9)10)23-28-57(47)71-60)68(59)52-38-50-51(67(17,18)32-31-66(50,15)16)39-54(52)69(55)45-24-20-42(21-25-45)61(2,3)4/h19-20,22-28,33-39,42H,21,29-32H2,1-18H3. The predicted octanol–water partition coefficient (Wildman–Crippen LogP) is 17.0. The second-order valence-electron chi connectivity index (χ2n) is 28.5. The van der Waals surface area contributed by atoms with Crippen LogP contribution in [0.4, 0.5) is 28.6 Å². The molecule has 0 amide bonds. The SMILES string of the molecule is Cc1cc2c3c(c1)N(c1ccc(C(C)(C)C)cc1-c1ccc4c(c1)C(C)(C)CCC4(C)C)c1oc4ccc(C(C)(C)C)cc4c1B3c1cc3c(cc1N2C1=CCC(C(C)(C)C)C=C1)C(C)(C)CCC3(C)C. The summed E-state index contributed by atoms with van der Waals surface area (Å²) >= 11 is 0. The van der Waals surface area contributed by atoms with Crippen LogP contribution in [-0.4, -0.2) is 6.71 Å². The first-order valence-electron chi connectivity index (χ1n) is 27.2. The van der Waals surface area contributed by atoms with Crippen LogP contribution < -0.4 is 26.2 Å². The lowest BCUT2D eigenvalue weighted by molar-refractivity contribution is 0.293. The van der Waals surface area contributed by atoms with Gasteiger partial charge < -0.3 is 9.32 Å². The Balaban J connectivity index is 1.26. The molecule has 5 aromatic carbocycles. The molecular weight excluding hydrogens is 860 g/mol. The highest BCUT2D eigenvalue weighted by atomic mass is 16.4. The molecule has 0 bridgehead atoms. The van der Waals surface area contributed by atoms with E-state index in [1.54, 1.807) is 0 Å². The van der Waals surface area contributed by atoms with Gasteiger partial charge in [-0.15, -0.1) is 0 Å². The Morgan fingerprint density at radius 2 is 1.11 bits per heavy atom. The van der Waals surface area contributed by atoms with Crippen LogP contribution in [0.5, 0.6) is 0 Å². The summed E-state index contributed by atoms with van der Waals surface area (Å²) in [4.78, 5) is 5.23. The molecule has 2 aliphatic heterocycles. The van der Waals surface area contributed by atoms with Crippen molar-refractivity contribution in [2.45, 2.75) is 189 Å². The molecular formula is C67H81BN2O. The molecule has 0 fully saturated rings. The molecule has 3 nitrogen and oxygen atoms in total. The van der Waals surface area contributed by atoms with Crippen LogP contribution in [0.25, 0.3) is 22.1 Å². The summed E-state index contributed by atoms with van der Waals surface area (Å²) in [7, 11) is 0. The van der Waals surface area contributed by atoms with Gasteiger partial charge in [0.05, 0.1) is 5.69 Å². The molecule has 0 radical (unpaired) electrons. The fraction of sp³-hybridized carbons (Fsp3) is 0.463. The van der Waals surface area contributed by atoms with E-state index in [2.05, 4.69) is 232 Å². The van der Waals surface area contributed by atoms with Gasteiger partial charge in [0.15, 0.2) is 0 Å². The molecule has 0 spiro atoms. The second kappa shape index (κ2) is 15.4. The smallest absolute Gasteiger partial charge is 0.257 e. The van der Waals surface area contributed by atoms with E-state index in [9.17, 15) is 0 Å². The highest BCUT2D eigenvalue weighted by Crippen LogP contribution is 2.54. The minimum Gasteiger partial charge on any atom is -0.440 e. The van der Waals surface area contributed by atoms with Crippen molar-refractivity contribution in [3.8, 4) is 11.1 Å². The third-order valence-corrected chi connectivity index (χ3v) is 18.4. The van der Waals surface area contributed by atoms with Crippen molar-refractivity contribution >= 4 is 62.7 Å². The summed E-state index contributed by atoms with van der Waals surface area (Å²) in [5.41, 5.74) is 23.9. The van der Waals surface area contributed by atoms with E-state index < -0.39 is 0 Å². The van der Waals surface area contributed by atoms with Crippen molar-refractivity contribution < 1.29 is 4.42 Å². The van der Waals surface area contributed by atoms with Crippen molar-refractivity contribution in [3.63, 3.8) is 0 Å². The van der Waals surface area contributed by atoms with E-state index in [-0.39, 0.29) is 44.6 Å². The number of nitrogens with zero attached hydrogens (tertiary/aromatic N) is 2. The highest BCUT2D eigenvalue weighted by molar-refractivity contribution is 7.01. The zero-order chi connectivity index (χ0) is 50.9. The lowest BCUT2D eigenvalue weighted by Gasteiger charge is -2.47. The fourth-order valence-electron chi connectivity index (χ4n) is 13.3. The average Bonchev–Trinajstić information content (AvgIpc) is 3.66. The van der Waals surface area contributed by atoms with Gasteiger partial charge >= 0.3 is 0 Å². The van der Waals surface area contributed by atoms with Crippen molar-refractivity contribution in [2.24, 2.45) is 11.3 Å². The maximum absolute atomic E-state index is 7.54. The second-order valence-corrected chi connectivity index (χ2v) is 28.5. The van der Waals surface area contributed by atoms with Crippen LogP contribution in [0.2, 0.25) is 0 Å². The van der Waals surface area contributed by atoms with Gasteiger partial charge in [0.1, 0.15) is 5.58 Å². The van der Waals surface area contributed by atoms with Crippen LogP contribution in [0, 0.1) is 18.3 Å². The first-order valence-corrected chi connectivity index (χ1v) is 27.2. The molecule has 0 saturated carbocycles. The Hall–Kier alpha value is -5.22. The summed E-state index contributed by atoms with van der Waals surface area (Å²) in [6, 6.07) is 32.1. The molecule has 1 aromatic heterocycles. The largest absolute Gasteiger partial charge is 0.440 e. The zero-order valence-electron chi connectivity index (χ0n) is 46.7. The quantitative estimate of drug-likeness (QED) is 0.165. The van der Waals surface area contributed by atoms with Gasteiger partial charge in [-0.2, -0.15) is 0 Å². The molecule has 5 aliphatic rings. The van der Waals surface area contributed by atoms with E-state index >= 15 is 0 Å². The van der Waals surface area contributed by atoms with Gasteiger partial charge in [-0.3, -0.25) is 4.90 Å². The van der Waals surface area contributed by atoms with Crippen molar-refractivity contribution in [3.05, 3.63) is 142 Å². The van der Waals surface area contributed by atoms with Crippen LogP contribution >= 0.6 is 0 Å². The average molecular weight is 941 g/mol. The number of rotatable bonds is 3. The predicted molar refractivity (Wildman–Crippen MR) is 307 cm³/mol. The van der Waals surface area contributed by atoms with Crippen molar-refractivity contribution in [1.82, 2.24) is 0 Å². The molecule has 6 aromatic rings. The van der Waals surface area contributed by atoms with Crippen LogP contribution in [-0.2, 0) is 32.5 Å². The Morgan fingerprint density at radius 3 is 1.70 bits per heavy atom. The first kappa shape index (κ1) is 48.1. The lowest BCUT2D eigenvalue weighted by Crippen LogP contribution is -2.62. The number of furan rings is 1. The monoisotopic (exact) mass is 941 g/mol.